The number of rotatable bonds is 7. The second kappa shape index (κ2) is 7.58. The Labute approximate surface area is 147 Å². The van der Waals surface area contributed by atoms with Crippen molar-refractivity contribution < 1.29 is 39.2 Å². The topological polar surface area (TPSA) is 138 Å². The molecule has 0 aliphatic rings. The minimum Gasteiger partial charge on any atom is -0.479 e. The van der Waals surface area contributed by atoms with Gasteiger partial charge in [0.25, 0.3) is 0 Å². The van der Waals surface area contributed by atoms with Crippen LogP contribution in [0.3, 0.4) is 0 Å². The molecule has 0 aliphatic heterocycles. The molecule has 2 atom stereocenters. The molecule has 0 fully saturated rings. The van der Waals surface area contributed by atoms with Crippen molar-refractivity contribution in [1.82, 2.24) is 0 Å². The molecule has 0 heterocycles. The third kappa shape index (κ3) is 3.45. The van der Waals surface area contributed by atoms with E-state index in [1.807, 2.05) is 0 Å². The number of esters is 1. The molecular formula is C18H14O8. The van der Waals surface area contributed by atoms with E-state index < -0.39 is 35.4 Å². The normalized spacial score (nSPS) is 13.9. The average molecular weight is 358 g/mol. The summed E-state index contributed by atoms with van der Waals surface area (Å²) < 4.78 is 4.81. The number of carbonyl (C=O) groups is 4. The van der Waals surface area contributed by atoms with Crippen LogP contribution in [0.2, 0.25) is 0 Å². The fourth-order valence-corrected chi connectivity index (χ4v) is 2.24. The van der Waals surface area contributed by atoms with Crippen LogP contribution in [0, 0.1) is 0 Å². The largest absolute Gasteiger partial charge is 0.479 e. The van der Waals surface area contributed by atoms with E-state index in [9.17, 15) is 29.4 Å². The monoisotopic (exact) mass is 358 g/mol. The van der Waals surface area contributed by atoms with Gasteiger partial charge in [-0.2, -0.15) is 0 Å². The molecule has 1 unspecified atom stereocenters. The Kier molecular flexibility index (Phi) is 5.48. The number of aliphatic carboxylic acids is 2. The van der Waals surface area contributed by atoms with Gasteiger partial charge in [0.1, 0.15) is 0 Å². The maximum Gasteiger partial charge on any atom is 0.360 e. The Hall–Kier alpha value is -3.52. The van der Waals surface area contributed by atoms with Crippen LogP contribution in [0.1, 0.15) is 20.7 Å². The molecule has 8 nitrogen and oxygen atoms in total. The highest BCUT2D eigenvalue weighted by atomic mass is 16.6. The Morgan fingerprint density at radius 2 is 1.27 bits per heavy atom. The van der Waals surface area contributed by atoms with Gasteiger partial charge < -0.3 is 20.1 Å². The highest BCUT2D eigenvalue weighted by Gasteiger charge is 2.59. The molecule has 134 valence electrons. The number of aliphatic hydroxyl groups excluding tert-OH is 1. The van der Waals surface area contributed by atoms with Gasteiger partial charge in [0.2, 0.25) is 11.9 Å². The second-order valence-corrected chi connectivity index (χ2v) is 5.23. The van der Waals surface area contributed by atoms with E-state index in [0.29, 0.717) is 0 Å². The standard InChI is InChI=1S/C18H14O8/c19-13(11-7-3-1-4-8-11)18(17(24)25,14(20)15(21)22)26-16(23)12-9-5-2-6-10-12/h1-10,14,20H,(H,21,22)(H,24,25)/t14?,18-/m1/s1. The van der Waals surface area contributed by atoms with Gasteiger partial charge >= 0.3 is 23.5 Å². The van der Waals surface area contributed by atoms with Crippen LogP contribution in [-0.2, 0) is 14.3 Å². The summed E-state index contributed by atoms with van der Waals surface area (Å²) in [7, 11) is 0. The summed E-state index contributed by atoms with van der Waals surface area (Å²) in [6, 6.07) is 13.9. The van der Waals surface area contributed by atoms with Crippen LogP contribution in [-0.4, -0.2) is 50.7 Å². The van der Waals surface area contributed by atoms with Crippen LogP contribution in [0.5, 0.6) is 0 Å². The molecule has 0 spiro atoms. The van der Waals surface area contributed by atoms with Crippen molar-refractivity contribution in [2.45, 2.75) is 11.7 Å². The maximum absolute atomic E-state index is 12.7. The van der Waals surface area contributed by atoms with Gasteiger partial charge in [0.15, 0.2) is 0 Å². The minimum atomic E-state index is -3.35. The van der Waals surface area contributed by atoms with Crippen LogP contribution in [0.15, 0.2) is 60.7 Å². The molecule has 0 aromatic heterocycles. The Morgan fingerprint density at radius 3 is 1.69 bits per heavy atom. The molecule has 3 N–H and O–H groups in total. The van der Waals surface area contributed by atoms with Crippen molar-refractivity contribution >= 4 is 23.7 Å². The number of benzene rings is 2. The number of carbonyl (C=O) groups excluding carboxylic acids is 2. The van der Waals surface area contributed by atoms with Crippen molar-refractivity contribution in [3.05, 3.63) is 71.8 Å². The lowest BCUT2D eigenvalue weighted by molar-refractivity contribution is -0.176. The van der Waals surface area contributed by atoms with E-state index in [2.05, 4.69) is 0 Å². The lowest BCUT2D eigenvalue weighted by atomic mass is 9.87. The van der Waals surface area contributed by atoms with E-state index >= 15 is 0 Å². The van der Waals surface area contributed by atoms with Crippen LogP contribution in [0.4, 0.5) is 0 Å². The number of hydrogen-bond donors (Lipinski definition) is 3. The van der Waals surface area contributed by atoms with Crippen molar-refractivity contribution in [2.75, 3.05) is 0 Å². The summed E-state index contributed by atoms with van der Waals surface area (Å²) in [4.78, 5) is 48.1. The zero-order valence-electron chi connectivity index (χ0n) is 13.2. The van der Waals surface area contributed by atoms with Crippen LogP contribution < -0.4 is 0 Å². The third-order valence-corrected chi connectivity index (χ3v) is 3.57. The van der Waals surface area contributed by atoms with Gasteiger partial charge in [-0.25, -0.2) is 14.4 Å². The number of aliphatic hydroxyl groups is 1. The molecule has 0 amide bonds. The smallest absolute Gasteiger partial charge is 0.360 e. The van der Waals surface area contributed by atoms with Gasteiger partial charge in [0, 0.05) is 5.56 Å². The highest BCUT2D eigenvalue weighted by molar-refractivity contribution is 6.19. The number of hydrogen-bond acceptors (Lipinski definition) is 6. The lowest BCUT2D eigenvalue weighted by Gasteiger charge is -2.30. The Bertz CT molecular complexity index is 831. The van der Waals surface area contributed by atoms with Gasteiger partial charge in [-0.15, -0.1) is 0 Å². The van der Waals surface area contributed by atoms with E-state index in [-0.39, 0.29) is 11.1 Å². The van der Waals surface area contributed by atoms with E-state index in [1.165, 1.54) is 48.5 Å². The van der Waals surface area contributed by atoms with Crippen molar-refractivity contribution in [1.29, 1.82) is 0 Å². The molecule has 0 radical (unpaired) electrons. The molecule has 2 aromatic rings. The lowest BCUT2D eigenvalue weighted by Crippen LogP contribution is -2.61. The molecule has 0 aliphatic carbocycles. The molecule has 0 saturated carbocycles. The van der Waals surface area contributed by atoms with Crippen LogP contribution in [0.25, 0.3) is 0 Å². The van der Waals surface area contributed by atoms with Gasteiger partial charge in [-0.1, -0.05) is 48.5 Å². The number of ketones is 1. The highest BCUT2D eigenvalue weighted by Crippen LogP contribution is 2.25. The average Bonchev–Trinajstić information content (AvgIpc) is 2.65. The number of Topliss-reactive ketones (excluding diaryl/α,β-unsaturated/α-hetero) is 1. The van der Waals surface area contributed by atoms with Crippen molar-refractivity contribution in [3.8, 4) is 0 Å². The zero-order chi connectivity index (χ0) is 19.3. The van der Waals surface area contributed by atoms with Gasteiger partial charge in [-0.3, -0.25) is 4.79 Å². The number of carboxylic acid groups (broad SMARTS) is 2. The summed E-state index contributed by atoms with van der Waals surface area (Å²) in [6.07, 6.45) is -2.82. The van der Waals surface area contributed by atoms with E-state index in [1.54, 1.807) is 12.1 Å². The predicted molar refractivity (Wildman–Crippen MR) is 86.6 cm³/mol. The minimum absolute atomic E-state index is 0.114. The van der Waals surface area contributed by atoms with Gasteiger partial charge in [-0.05, 0) is 12.1 Å². The first kappa shape index (κ1) is 18.8. The number of ether oxygens (including phenoxy) is 1. The van der Waals surface area contributed by atoms with Crippen molar-refractivity contribution in [2.24, 2.45) is 0 Å². The number of carboxylic acids is 2. The summed E-state index contributed by atoms with van der Waals surface area (Å²) in [5.74, 6) is -6.77. The molecule has 8 heteroatoms. The molecule has 2 rings (SSSR count). The molecule has 0 saturated heterocycles. The van der Waals surface area contributed by atoms with E-state index in [4.69, 9.17) is 9.84 Å². The quantitative estimate of drug-likeness (QED) is 0.378. The molecule has 2 aromatic carbocycles. The zero-order valence-corrected chi connectivity index (χ0v) is 13.2. The molecule has 0 bridgehead atoms. The predicted octanol–water partition coefficient (Wildman–Crippen LogP) is 0.995. The Balaban J connectivity index is 2.57. The summed E-state index contributed by atoms with van der Waals surface area (Å²) >= 11 is 0. The SMILES string of the molecule is O=C(O[C@](C(=O)O)(C(=O)c1ccccc1)C(O)C(=O)O)c1ccccc1. The summed E-state index contributed by atoms with van der Waals surface area (Å²) in [5, 5.41) is 28.6. The maximum atomic E-state index is 12.7. The fourth-order valence-electron chi connectivity index (χ4n) is 2.24. The van der Waals surface area contributed by atoms with Crippen LogP contribution >= 0.6 is 0 Å². The molecular weight excluding hydrogens is 344 g/mol. The van der Waals surface area contributed by atoms with Crippen molar-refractivity contribution in [3.63, 3.8) is 0 Å². The van der Waals surface area contributed by atoms with E-state index in [0.717, 1.165) is 0 Å². The summed E-state index contributed by atoms with van der Waals surface area (Å²) in [5.41, 5.74) is -3.70. The second-order valence-electron chi connectivity index (χ2n) is 5.23. The third-order valence-electron chi connectivity index (χ3n) is 3.57. The first-order valence-corrected chi connectivity index (χ1v) is 7.33. The first-order chi connectivity index (χ1) is 12.3. The first-order valence-electron chi connectivity index (χ1n) is 7.33. The van der Waals surface area contributed by atoms with Gasteiger partial charge in [0.05, 0.1) is 5.56 Å². The summed E-state index contributed by atoms with van der Waals surface area (Å²) in [6.45, 7) is 0. The fraction of sp³-hybridized carbons (Fsp3) is 0.111. The molecule has 26 heavy (non-hydrogen) atoms. The Morgan fingerprint density at radius 1 is 0.808 bits per heavy atom.